The van der Waals surface area contributed by atoms with Crippen molar-refractivity contribution < 1.29 is 9.66 Å². The van der Waals surface area contributed by atoms with E-state index in [4.69, 9.17) is 4.74 Å². The van der Waals surface area contributed by atoms with E-state index in [2.05, 4.69) is 5.32 Å². The van der Waals surface area contributed by atoms with Crippen molar-refractivity contribution in [1.82, 2.24) is 0 Å². The molecule has 0 saturated carbocycles. The molecule has 0 saturated heterocycles. The number of nitro groups is 1. The lowest BCUT2D eigenvalue weighted by Crippen LogP contribution is -2.03. The van der Waals surface area contributed by atoms with Crippen LogP contribution in [0.1, 0.15) is 12.5 Å². The summed E-state index contributed by atoms with van der Waals surface area (Å²) in [7, 11) is 0. The first-order chi connectivity index (χ1) is 9.70. The summed E-state index contributed by atoms with van der Waals surface area (Å²) >= 11 is 0. The third-order valence-corrected chi connectivity index (χ3v) is 2.82. The van der Waals surface area contributed by atoms with Crippen molar-refractivity contribution in [2.24, 2.45) is 0 Å². The number of nitrogens with one attached hydrogen (secondary N) is 1. The molecule has 2 rings (SSSR count). The van der Waals surface area contributed by atoms with Gasteiger partial charge < -0.3 is 10.1 Å². The Hall–Kier alpha value is -2.56. The van der Waals surface area contributed by atoms with Gasteiger partial charge in [0.25, 0.3) is 5.69 Å². The average molecular weight is 272 g/mol. The molecule has 0 bridgehead atoms. The zero-order valence-corrected chi connectivity index (χ0v) is 11.2. The van der Waals surface area contributed by atoms with E-state index in [0.29, 0.717) is 18.7 Å². The van der Waals surface area contributed by atoms with Gasteiger partial charge in [-0.1, -0.05) is 24.3 Å². The fraction of sp³-hybridized carbons (Fsp3) is 0.200. The van der Waals surface area contributed by atoms with Crippen LogP contribution in [0.25, 0.3) is 0 Å². The Bertz CT molecular complexity index is 599. The van der Waals surface area contributed by atoms with Crippen molar-refractivity contribution in [2.75, 3.05) is 11.9 Å². The number of benzene rings is 2. The molecule has 0 radical (unpaired) electrons. The number of rotatable bonds is 6. The van der Waals surface area contributed by atoms with Gasteiger partial charge in [0.2, 0.25) is 0 Å². The van der Waals surface area contributed by atoms with E-state index in [0.717, 1.165) is 11.4 Å². The molecular weight excluding hydrogens is 256 g/mol. The van der Waals surface area contributed by atoms with Gasteiger partial charge in [0.1, 0.15) is 5.75 Å². The molecular formula is C15H16N2O3. The lowest BCUT2D eigenvalue weighted by Gasteiger charge is -2.09. The molecule has 0 fully saturated rings. The van der Waals surface area contributed by atoms with Crippen LogP contribution in [0.5, 0.6) is 5.75 Å². The highest BCUT2D eigenvalue weighted by Crippen LogP contribution is 2.21. The summed E-state index contributed by atoms with van der Waals surface area (Å²) in [6.07, 6.45) is 0. The molecule has 5 nitrogen and oxygen atoms in total. The molecule has 20 heavy (non-hydrogen) atoms. The second kappa shape index (κ2) is 6.56. The van der Waals surface area contributed by atoms with E-state index in [1.54, 1.807) is 18.2 Å². The van der Waals surface area contributed by atoms with Gasteiger partial charge in [-0.05, 0) is 19.1 Å². The molecule has 0 spiro atoms. The third-order valence-electron chi connectivity index (χ3n) is 2.82. The Morgan fingerprint density at radius 1 is 1.20 bits per heavy atom. The SMILES string of the molecule is CCOc1cccc(NCc2ccccc2[N+](=O)[O-])c1. The molecule has 1 N–H and O–H groups in total. The summed E-state index contributed by atoms with van der Waals surface area (Å²) in [5.41, 5.74) is 1.65. The number of nitrogens with zero attached hydrogens (tertiary/aromatic N) is 1. The summed E-state index contributed by atoms with van der Waals surface area (Å²) in [5.74, 6) is 0.778. The summed E-state index contributed by atoms with van der Waals surface area (Å²) < 4.78 is 5.41. The second-order valence-corrected chi connectivity index (χ2v) is 4.20. The van der Waals surface area contributed by atoms with E-state index in [1.165, 1.54) is 6.07 Å². The third kappa shape index (κ3) is 3.47. The molecule has 0 aliphatic rings. The van der Waals surface area contributed by atoms with Crippen LogP contribution in [0, 0.1) is 10.1 Å². The predicted molar refractivity (Wildman–Crippen MR) is 78.0 cm³/mol. The number of anilines is 1. The van der Waals surface area contributed by atoms with E-state index in [9.17, 15) is 10.1 Å². The Labute approximate surface area is 117 Å². The summed E-state index contributed by atoms with van der Waals surface area (Å²) in [6.45, 7) is 2.92. The van der Waals surface area contributed by atoms with Gasteiger partial charge in [-0.15, -0.1) is 0 Å². The molecule has 0 heterocycles. The van der Waals surface area contributed by atoms with Crippen molar-refractivity contribution in [3.63, 3.8) is 0 Å². The maximum absolute atomic E-state index is 10.9. The maximum Gasteiger partial charge on any atom is 0.274 e. The van der Waals surface area contributed by atoms with Gasteiger partial charge in [0.05, 0.1) is 11.5 Å². The predicted octanol–water partition coefficient (Wildman–Crippen LogP) is 3.61. The zero-order chi connectivity index (χ0) is 14.4. The number of hydrogen-bond acceptors (Lipinski definition) is 4. The van der Waals surface area contributed by atoms with Gasteiger partial charge in [-0.25, -0.2) is 0 Å². The lowest BCUT2D eigenvalue weighted by atomic mass is 10.2. The van der Waals surface area contributed by atoms with Crippen LogP contribution in [0.15, 0.2) is 48.5 Å². The van der Waals surface area contributed by atoms with Crippen molar-refractivity contribution in [1.29, 1.82) is 0 Å². The normalized spacial score (nSPS) is 10.1. The highest BCUT2D eigenvalue weighted by molar-refractivity contribution is 5.50. The quantitative estimate of drug-likeness (QED) is 0.644. The van der Waals surface area contributed by atoms with E-state index in [1.807, 2.05) is 31.2 Å². The first-order valence-corrected chi connectivity index (χ1v) is 6.39. The van der Waals surface area contributed by atoms with Crippen molar-refractivity contribution in [2.45, 2.75) is 13.5 Å². The Morgan fingerprint density at radius 3 is 2.75 bits per heavy atom. The molecule has 5 heteroatoms. The van der Waals surface area contributed by atoms with Crippen LogP contribution in [0.2, 0.25) is 0 Å². The van der Waals surface area contributed by atoms with Gasteiger partial charge >= 0.3 is 0 Å². The van der Waals surface area contributed by atoms with Gasteiger partial charge in [-0.3, -0.25) is 10.1 Å². The highest BCUT2D eigenvalue weighted by atomic mass is 16.6. The standard InChI is InChI=1S/C15H16N2O3/c1-2-20-14-8-5-7-13(10-14)16-11-12-6-3-4-9-15(12)17(18)19/h3-10,16H,2,11H2,1H3. The summed E-state index contributed by atoms with van der Waals surface area (Å²) in [6, 6.07) is 14.2. The summed E-state index contributed by atoms with van der Waals surface area (Å²) in [5, 5.41) is 14.1. The van der Waals surface area contributed by atoms with Gasteiger partial charge in [0, 0.05) is 29.9 Å². The van der Waals surface area contributed by atoms with Crippen LogP contribution in [-0.4, -0.2) is 11.5 Å². The molecule has 104 valence electrons. The van der Waals surface area contributed by atoms with E-state index >= 15 is 0 Å². The molecule has 0 aromatic heterocycles. The van der Waals surface area contributed by atoms with Gasteiger partial charge in [-0.2, -0.15) is 0 Å². The minimum absolute atomic E-state index is 0.126. The van der Waals surface area contributed by atoms with Crippen LogP contribution in [-0.2, 0) is 6.54 Å². The topological polar surface area (TPSA) is 64.4 Å². The first kappa shape index (κ1) is 13.9. The number of nitro benzene ring substituents is 1. The number of hydrogen-bond donors (Lipinski definition) is 1. The van der Waals surface area contributed by atoms with Crippen LogP contribution in [0.3, 0.4) is 0 Å². The molecule has 0 aliphatic heterocycles. The van der Waals surface area contributed by atoms with E-state index < -0.39 is 0 Å². The van der Waals surface area contributed by atoms with Crippen LogP contribution < -0.4 is 10.1 Å². The zero-order valence-electron chi connectivity index (χ0n) is 11.2. The van der Waals surface area contributed by atoms with Crippen LogP contribution >= 0.6 is 0 Å². The smallest absolute Gasteiger partial charge is 0.274 e. The fourth-order valence-electron chi connectivity index (χ4n) is 1.90. The minimum atomic E-state index is -0.367. The summed E-state index contributed by atoms with van der Waals surface area (Å²) in [4.78, 5) is 10.6. The van der Waals surface area contributed by atoms with Gasteiger partial charge in [0.15, 0.2) is 0 Å². The molecule has 0 unspecified atom stereocenters. The van der Waals surface area contributed by atoms with Crippen molar-refractivity contribution in [3.05, 3.63) is 64.2 Å². The maximum atomic E-state index is 10.9. The van der Waals surface area contributed by atoms with Crippen LogP contribution in [0.4, 0.5) is 11.4 Å². The molecule has 0 amide bonds. The Morgan fingerprint density at radius 2 is 2.00 bits per heavy atom. The molecule has 2 aromatic carbocycles. The largest absolute Gasteiger partial charge is 0.494 e. The first-order valence-electron chi connectivity index (χ1n) is 6.39. The highest BCUT2D eigenvalue weighted by Gasteiger charge is 2.11. The van der Waals surface area contributed by atoms with E-state index in [-0.39, 0.29) is 10.6 Å². The Kier molecular flexibility index (Phi) is 4.55. The van der Waals surface area contributed by atoms with Crippen molar-refractivity contribution in [3.8, 4) is 5.75 Å². The molecule has 2 aromatic rings. The monoisotopic (exact) mass is 272 g/mol. The molecule has 0 atom stereocenters. The minimum Gasteiger partial charge on any atom is -0.494 e. The lowest BCUT2D eigenvalue weighted by molar-refractivity contribution is -0.385. The number of ether oxygens (including phenoxy) is 1. The number of para-hydroxylation sites is 1. The van der Waals surface area contributed by atoms with Crippen molar-refractivity contribution >= 4 is 11.4 Å². The Balaban J connectivity index is 2.09. The molecule has 0 aliphatic carbocycles. The fourth-order valence-corrected chi connectivity index (χ4v) is 1.90. The second-order valence-electron chi connectivity index (χ2n) is 4.20. The average Bonchev–Trinajstić information content (AvgIpc) is 2.46.